The molecule has 0 unspecified atom stereocenters. The Morgan fingerprint density at radius 3 is 2.76 bits per heavy atom. The quantitative estimate of drug-likeness (QED) is 0.804. The Labute approximate surface area is 104 Å². The van der Waals surface area contributed by atoms with E-state index in [-0.39, 0.29) is 5.69 Å². The summed E-state index contributed by atoms with van der Waals surface area (Å²) in [4.78, 5) is 8.09. The normalized spacial score (nSPS) is 10.3. The third kappa shape index (κ3) is 2.34. The first kappa shape index (κ1) is 11.7. The number of rotatable bonds is 2. The molecule has 0 aliphatic carbocycles. The maximum atomic E-state index is 13.5. The van der Waals surface area contributed by atoms with E-state index in [1.807, 2.05) is 6.92 Å². The average Bonchev–Trinajstić information content (AvgIpc) is 2.29. The highest BCUT2D eigenvalue weighted by Gasteiger charge is 2.10. The molecule has 2 aromatic rings. The van der Waals surface area contributed by atoms with Crippen molar-refractivity contribution in [1.29, 1.82) is 0 Å². The van der Waals surface area contributed by atoms with Crippen molar-refractivity contribution in [1.82, 2.24) is 9.97 Å². The van der Waals surface area contributed by atoms with Crippen LogP contribution in [-0.4, -0.2) is 9.97 Å². The van der Waals surface area contributed by atoms with Crippen molar-refractivity contribution in [3.05, 3.63) is 53.6 Å². The SMILES string of the molecule is C=C(C)c1cnc(-c2ncccc2F)cc1Cl. The van der Waals surface area contributed by atoms with Crippen molar-refractivity contribution in [2.75, 3.05) is 0 Å². The summed E-state index contributed by atoms with van der Waals surface area (Å²) in [7, 11) is 0. The molecule has 0 spiro atoms. The minimum absolute atomic E-state index is 0.197. The number of aromatic nitrogens is 2. The van der Waals surface area contributed by atoms with Crippen LogP contribution >= 0.6 is 11.6 Å². The van der Waals surface area contributed by atoms with Gasteiger partial charge in [-0.25, -0.2) is 4.39 Å². The predicted octanol–water partition coefficient (Wildman–Crippen LogP) is 3.97. The fraction of sp³-hybridized carbons (Fsp3) is 0.0769. The standard InChI is InChI=1S/C13H10ClFN2/c1-8(2)9-7-17-12(6-10(9)14)13-11(15)4-3-5-16-13/h3-7H,1H2,2H3. The summed E-state index contributed by atoms with van der Waals surface area (Å²) in [5, 5.41) is 0.493. The molecule has 0 radical (unpaired) electrons. The van der Waals surface area contributed by atoms with Crippen LogP contribution in [0.25, 0.3) is 17.0 Å². The third-order valence-corrected chi connectivity index (χ3v) is 2.63. The van der Waals surface area contributed by atoms with Crippen LogP contribution in [0.5, 0.6) is 0 Å². The van der Waals surface area contributed by atoms with E-state index in [1.54, 1.807) is 12.3 Å². The molecule has 0 aliphatic heterocycles. The molecule has 4 heteroatoms. The van der Waals surface area contributed by atoms with Gasteiger partial charge in [0.2, 0.25) is 0 Å². The molecule has 2 nitrogen and oxygen atoms in total. The van der Waals surface area contributed by atoms with Crippen LogP contribution in [0.4, 0.5) is 4.39 Å². The van der Waals surface area contributed by atoms with Crippen molar-refractivity contribution < 1.29 is 4.39 Å². The van der Waals surface area contributed by atoms with Gasteiger partial charge in [-0.05, 0) is 30.7 Å². The second-order valence-electron chi connectivity index (χ2n) is 3.66. The summed E-state index contributed by atoms with van der Waals surface area (Å²) in [6, 6.07) is 4.46. The molecule has 0 aromatic carbocycles. The molecule has 17 heavy (non-hydrogen) atoms. The van der Waals surface area contributed by atoms with E-state index in [9.17, 15) is 4.39 Å². The zero-order chi connectivity index (χ0) is 12.4. The monoisotopic (exact) mass is 248 g/mol. The Hall–Kier alpha value is -1.74. The van der Waals surface area contributed by atoms with Crippen LogP contribution in [0.3, 0.4) is 0 Å². The van der Waals surface area contributed by atoms with Gasteiger partial charge in [0.25, 0.3) is 0 Å². The van der Waals surface area contributed by atoms with Crippen LogP contribution in [0, 0.1) is 5.82 Å². The lowest BCUT2D eigenvalue weighted by Gasteiger charge is -2.06. The van der Waals surface area contributed by atoms with Crippen LogP contribution < -0.4 is 0 Å². The summed E-state index contributed by atoms with van der Waals surface area (Å²) in [5.41, 5.74) is 2.18. The summed E-state index contributed by atoms with van der Waals surface area (Å²) >= 11 is 6.08. The van der Waals surface area contributed by atoms with Gasteiger partial charge in [0.1, 0.15) is 5.69 Å². The van der Waals surface area contributed by atoms with Gasteiger partial charge < -0.3 is 0 Å². The zero-order valence-corrected chi connectivity index (χ0v) is 10.0. The van der Waals surface area contributed by atoms with E-state index in [0.717, 1.165) is 11.1 Å². The van der Waals surface area contributed by atoms with E-state index >= 15 is 0 Å². The van der Waals surface area contributed by atoms with Crippen LogP contribution in [0.1, 0.15) is 12.5 Å². The minimum Gasteiger partial charge on any atom is -0.254 e. The van der Waals surface area contributed by atoms with E-state index < -0.39 is 5.82 Å². The Balaban J connectivity index is 2.52. The fourth-order valence-electron chi connectivity index (χ4n) is 1.45. The highest BCUT2D eigenvalue weighted by molar-refractivity contribution is 6.32. The molecule has 2 heterocycles. The molecule has 0 fully saturated rings. The number of pyridine rings is 2. The summed E-state index contributed by atoms with van der Waals surface area (Å²) in [6.07, 6.45) is 3.09. The van der Waals surface area contributed by atoms with Crippen molar-refractivity contribution >= 4 is 17.2 Å². The number of hydrogen-bond acceptors (Lipinski definition) is 2. The van der Waals surface area contributed by atoms with Gasteiger partial charge in [-0.15, -0.1) is 0 Å². The summed E-state index contributed by atoms with van der Waals surface area (Å²) < 4.78 is 13.5. The lowest BCUT2D eigenvalue weighted by Crippen LogP contribution is -1.93. The van der Waals surface area contributed by atoms with Crippen molar-refractivity contribution in [2.45, 2.75) is 6.92 Å². The largest absolute Gasteiger partial charge is 0.254 e. The molecule has 0 bridgehead atoms. The van der Waals surface area contributed by atoms with E-state index in [0.29, 0.717) is 10.7 Å². The Morgan fingerprint density at radius 2 is 2.18 bits per heavy atom. The first-order valence-corrected chi connectivity index (χ1v) is 5.39. The maximum absolute atomic E-state index is 13.5. The molecule has 0 aliphatic rings. The topological polar surface area (TPSA) is 25.8 Å². The molecule has 0 N–H and O–H groups in total. The summed E-state index contributed by atoms with van der Waals surface area (Å²) in [5.74, 6) is -0.417. The molecule has 0 saturated carbocycles. The van der Waals surface area contributed by atoms with Gasteiger partial charge in [-0.3, -0.25) is 9.97 Å². The second kappa shape index (κ2) is 4.63. The number of halogens is 2. The van der Waals surface area contributed by atoms with Crippen LogP contribution in [0.2, 0.25) is 5.02 Å². The highest BCUT2D eigenvalue weighted by atomic mass is 35.5. The number of hydrogen-bond donors (Lipinski definition) is 0. The van der Waals surface area contributed by atoms with E-state index in [4.69, 9.17) is 11.6 Å². The number of allylic oxidation sites excluding steroid dienone is 1. The molecule has 0 atom stereocenters. The van der Waals surface area contributed by atoms with Gasteiger partial charge in [0, 0.05) is 18.0 Å². The number of nitrogens with zero attached hydrogens (tertiary/aromatic N) is 2. The lowest BCUT2D eigenvalue weighted by molar-refractivity contribution is 0.625. The molecule has 2 rings (SSSR count). The highest BCUT2D eigenvalue weighted by Crippen LogP contribution is 2.26. The van der Waals surface area contributed by atoms with Crippen molar-refractivity contribution in [3.8, 4) is 11.4 Å². The van der Waals surface area contributed by atoms with Gasteiger partial charge in [-0.2, -0.15) is 0 Å². The van der Waals surface area contributed by atoms with Gasteiger partial charge >= 0.3 is 0 Å². The van der Waals surface area contributed by atoms with E-state index in [1.165, 1.54) is 18.3 Å². The van der Waals surface area contributed by atoms with Crippen LogP contribution in [-0.2, 0) is 0 Å². The molecular weight excluding hydrogens is 239 g/mol. The molecule has 0 saturated heterocycles. The Bertz CT molecular complexity index is 581. The van der Waals surface area contributed by atoms with Crippen molar-refractivity contribution in [3.63, 3.8) is 0 Å². The smallest absolute Gasteiger partial charge is 0.151 e. The first-order chi connectivity index (χ1) is 8.09. The van der Waals surface area contributed by atoms with Crippen LogP contribution in [0.15, 0.2) is 37.2 Å². The first-order valence-electron chi connectivity index (χ1n) is 5.02. The molecular formula is C13H10ClFN2. The minimum atomic E-state index is -0.417. The molecule has 0 amide bonds. The van der Waals surface area contributed by atoms with E-state index in [2.05, 4.69) is 16.5 Å². The summed E-state index contributed by atoms with van der Waals surface area (Å²) in [6.45, 7) is 5.63. The second-order valence-corrected chi connectivity index (χ2v) is 4.07. The van der Waals surface area contributed by atoms with Crippen molar-refractivity contribution in [2.24, 2.45) is 0 Å². The average molecular weight is 249 g/mol. The van der Waals surface area contributed by atoms with Gasteiger partial charge in [-0.1, -0.05) is 18.2 Å². The zero-order valence-electron chi connectivity index (χ0n) is 9.24. The molecule has 2 aromatic heterocycles. The lowest BCUT2D eigenvalue weighted by atomic mass is 10.1. The fourth-order valence-corrected chi connectivity index (χ4v) is 1.76. The maximum Gasteiger partial charge on any atom is 0.151 e. The third-order valence-electron chi connectivity index (χ3n) is 2.31. The molecule has 86 valence electrons. The Morgan fingerprint density at radius 1 is 1.41 bits per heavy atom. The van der Waals surface area contributed by atoms with Gasteiger partial charge in [0.15, 0.2) is 5.82 Å². The van der Waals surface area contributed by atoms with Gasteiger partial charge in [0.05, 0.1) is 10.7 Å². The predicted molar refractivity (Wildman–Crippen MR) is 67.1 cm³/mol. The Kier molecular flexibility index (Phi) is 3.20.